The van der Waals surface area contributed by atoms with E-state index in [2.05, 4.69) is 21.5 Å². The zero-order valence-electron chi connectivity index (χ0n) is 19.7. The van der Waals surface area contributed by atoms with Gasteiger partial charge in [0.05, 0.1) is 13.1 Å². The van der Waals surface area contributed by atoms with Crippen molar-refractivity contribution in [2.75, 3.05) is 19.3 Å². The highest BCUT2D eigenvalue weighted by atomic mass is 32.2. The van der Waals surface area contributed by atoms with Crippen molar-refractivity contribution in [1.29, 1.82) is 0 Å². The molecule has 4 rings (SSSR count). The number of fused-ring (bicyclic) bond motifs is 1. The number of ether oxygens (including phenoxy) is 2. The number of amides is 1. The fourth-order valence-corrected chi connectivity index (χ4v) is 4.04. The van der Waals surface area contributed by atoms with E-state index in [1.54, 1.807) is 27.8 Å². The highest BCUT2D eigenvalue weighted by Gasteiger charge is 2.31. The molecule has 0 spiro atoms. The number of aromatic nitrogens is 5. The van der Waals surface area contributed by atoms with Gasteiger partial charge in [-0.05, 0) is 33.1 Å². The SMILES string of the molecule is C=CCn1c(=O)c2cnc(SC)nc2n1-c1cccc(O[C@@H]2CCN(C(=O)OC(C)(C)C)C2)n1. The minimum Gasteiger partial charge on any atom is -0.472 e. The lowest BCUT2D eigenvalue weighted by molar-refractivity contribution is 0.0275. The highest BCUT2D eigenvalue weighted by Crippen LogP contribution is 2.22. The molecule has 0 aliphatic carbocycles. The predicted molar refractivity (Wildman–Crippen MR) is 130 cm³/mol. The lowest BCUT2D eigenvalue weighted by Gasteiger charge is -2.24. The van der Waals surface area contributed by atoms with Crippen LogP contribution in [-0.4, -0.2) is 66.4 Å². The number of thioether (sulfide) groups is 1. The minimum atomic E-state index is -0.549. The summed E-state index contributed by atoms with van der Waals surface area (Å²) >= 11 is 1.39. The molecule has 0 aromatic carbocycles. The average molecular weight is 485 g/mol. The van der Waals surface area contributed by atoms with Gasteiger partial charge < -0.3 is 14.4 Å². The van der Waals surface area contributed by atoms with Crippen LogP contribution in [0.15, 0.2) is 47.0 Å². The molecule has 0 bridgehead atoms. The summed E-state index contributed by atoms with van der Waals surface area (Å²) in [6, 6.07) is 5.35. The van der Waals surface area contributed by atoms with E-state index in [1.165, 1.54) is 22.6 Å². The fraction of sp³-hybridized carbons (Fsp3) is 0.435. The summed E-state index contributed by atoms with van der Waals surface area (Å²) in [7, 11) is 0. The molecule has 3 aromatic heterocycles. The zero-order valence-corrected chi connectivity index (χ0v) is 20.5. The molecule has 1 fully saturated rings. The Balaban J connectivity index is 1.61. The molecule has 0 N–H and O–H groups in total. The highest BCUT2D eigenvalue weighted by molar-refractivity contribution is 7.98. The Bertz CT molecular complexity index is 1280. The van der Waals surface area contributed by atoms with Crippen LogP contribution in [0, 0.1) is 0 Å². The normalized spacial score (nSPS) is 16.1. The quantitative estimate of drug-likeness (QED) is 0.298. The van der Waals surface area contributed by atoms with Gasteiger partial charge in [0.1, 0.15) is 17.1 Å². The van der Waals surface area contributed by atoms with Gasteiger partial charge in [0.15, 0.2) is 16.6 Å². The van der Waals surface area contributed by atoms with Gasteiger partial charge >= 0.3 is 6.09 Å². The summed E-state index contributed by atoms with van der Waals surface area (Å²) in [5.74, 6) is 0.881. The second kappa shape index (κ2) is 9.49. The first-order valence-electron chi connectivity index (χ1n) is 11.0. The number of pyridine rings is 1. The third-order valence-electron chi connectivity index (χ3n) is 5.15. The maximum absolute atomic E-state index is 13.0. The number of carbonyl (C=O) groups excluding carboxylic acids is 1. The average Bonchev–Trinajstić information content (AvgIpc) is 3.36. The molecule has 1 atom stereocenters. The number of allylic oxidation sites excluding steroid dienone is 1. The molecule has 0 saturated carbocycles. The van der Waals surface area contributed by atoms with Crippen molar-refractivity contribution in [3.05, 3.63) is 47.4 Å². The molecule has 3 aromatic rings. The molecular weight excluding hydrogens is 456 g/mol. The monoisotopic (exact) mass is 484 g/mol. The Labute approximate surface area is 201 Å². The molecule has 34 heavy (non-hydrogen) atoms. The standard InChI is InChI=1S/C23H28N6O4S/c1-6-11-28-20(30)16-13-24-21(34-5)26-19(16)29(28)17-8-7-9-18(25-17)32-15-10-12-27(14-15)22(31)33-23(2,3)4/h6-9,13,15H,1,10-12,14H2,2-5H3/t15-/m1/s1. The van der Waals surface area contributed by atoms with E-state index < -0.39 is 5.60 Å². The van der Waals surface area contributed by atoms with Gasteiger partial charge in [-0.15, -0.1) is 6.58 Å². The number of rotatable bonds is 6. The molecule has 4 heterocycles. The molecule has 0 unspecified atom stereocenters. The van der Waals surface area contributed by atoms with Crippen LogP contribution in [0.2, 0.25) is 0 Å². The zero-order chi connectivity index (χ0) is 24.5. The van der Waals surface area contributed by atoms with E-state index in [0.29, 0.717) is 47.4 Å². The first kappa shape index (κ1) is 23.8. The van der Waals surface area contributed by atoms with E-state index in [0.717, 1.165) is 0 Å². The summed E-state index contributed by atoms with van der Waals surface area (Å²) in [5, 5.41) is 0.953. The van der Waals surface area contributed by atoms with Crippen molar-refractivity contribution in [2.24, 2.45) is 0 Å². The number of carbonyl (C=O) groups is 1. The van der Waals surface area contributed by atoms with Gasteiger partial charge in [0.25, 0.3) is 5.56 Å². The number of nitrogens with zero attached hydrogens (tertiary/aromatic N) is 6. The molecule has 1 aliphatic rings. The van der Waals surface area contributed by atoms with Gasteiger partial charge in [-0.25, -0.2) is 24.1 Å². The molecule has 11 heteroatoms. The van der Waals surface area contributed by atoms with Crippen molar-refractivity contribution in [1.82, 2.24) is 29.2 Å². The first-order chi connectivity index (χ1) is 16.2. The van der Waals surface area contributed by atoms with E-state index in [9.17, 15) is 9.59 Å². The van der Waals surface area contributed by atoms with E-state index >= 15 is 0 Å². The number of hydrogen-bond acceptors (Lipinski definition) is 8. The third-order valence-corrected chi connectivity index (χ3v) is 5.71. The summed E-state index contributed by atoms with van der Waals surface area (Å²) in [5.41, 5.74) is -0.306. The van der Waals surface area contributed by atoms with Gasteiger partial charge in [-0.3, -0.25) is 4.79 Å². The van der Waals surface area contributed by atoms with Gasteiger partial charge in [0, 0.05) is 25.2 Å². The van der Waals surface area contributed by atoms with Crippen LogP contribution in [0.3, 0.4) is 0 Å². The maximum atomic E-state index is 13.0. The smallest absolute Gasteiger partial charge is 0.410 e. The van der Waals surface area contributed by atoms with Crippen LogP contribution in [0.5, 0.6) is 5.88 Å². The minimum absolute atomic E-state index is 0.211. The van der Waals surface area contributed by atoms with E-state index in [1.807, 2.05) is 33.1 Å². The van der Waals surface area contributed by atoms with E-state index in [4.69, 9.17) is 9.47 Å². The molecule has 1 saturated heterocycles. The number of hydrogen-bond donors (Lipinski definition) is 0. The van der Waals surface area contributed by atoms with Crippen molar-refractivity contribution in [3.63, 3.8) is 0 Å². The summed E-state index contributed by atoms with van der Waals surface area (Å²) in [6.07, 6.45) is 5.16. The predicted octanol–water partition coefficient (Wildman–Crippen LogP) is 3.27. The topological polar surface area (TPSA) is 104 Å². The van der Waals surface area contributed by atoms with E-state index in [-0.39, 0.29) is 24.3 Å². The van der Waals surface area contributed by atoms with Gasteiger partial charge in [0.2, 0.25) is 5.88 Å². The van der Waals surface area contributed by atoms with Crippen molar-refractivity contribution >= 4 is 28.9 Å². The van der Waals surface area contributed by atoms with Crippen LogP contribution in [0.4, 0.5) is 4.79 Å². The largest absolute Gasteiger partial charge is 0.472 e. The van der Waals surface area contributed by atoms with Crippen LogP contribution < -0.4 is 10.3 Å². The van der Waals surface area contributed by atoms with Gasteiger partial charge in [-0.1, -0.05) is 23.9 Å². The molecule has 1 aliphatic heterocycles. The Kier molecular flexibility index (Phi) is 6.65. The Morgan fingerprint density at radius 2 is 2.12 bits per heavy atom. The summed E-state index contributed by atoms with van der Waals surface area (Å²) < 4.78 is 14.7. The molecule has 180 valence electrons. The number of likely N-dealkylation sites (tertiary alicyclic amines) is 1. The first-order valence-corrected chi connectivity index (χ1v) is 12.2. The van der Waals surface area contributed by atoms with Crippen molar-refractivity contribution in [2.45, 2.75) is 50.6 Å². The maximum Gasteiger partial charge on any atom is 0.410 e. The molecule has 10 nitrogen and oxygen atoms in total. The Morgan fingerprint density at radius 1 is 1.32 bits per heavy atom. The molecule has 1 amide bonds. The Morgan fingerprint density at radius 3 is 2.82 bits per heavy atom. The summed E-state index contributed by atoms with van der Waals surface area (Å²) in [4.78, 5) is 40.4. The second-order valence-corrected chi connectivity index (χ2v) is 9.64. The molecular formula is C23H28N6O4S. The fourth-order valence-electron chi connectivity index (χ4n) is 3.71. The molecule has 0 radical (unpaired) electrons. The summed E-state index contributed by atoms with van der Waals surface area (Å²) in [6.45, 7) is 10.5. The van der Waals surface area contributed by atoms with Crippen LogP contribution >= 0.6 is 11.8 Å². The third kappa shape index (κ3) is 4.93. The Hall–Kier alpha value is -3.34. The van der Waals surface area contributed by atoms with Gasteiger partial charge in [-0.2, -0.15) is 4.98 Å². The lowest BCUT2D eigenvalue weighted by Crippen LogP contribution is -2.36. The van der Waals surface area contributed by atoms with Crippen molar-refractivity contribution in [3.8, 4) is 11.7 Å². The lowest BCUT2D eigenvalue weighted by atomic mass is 10.2. The van der Waals surface area contributed by atoms with Crippen LogP contribution in [0.25, 0.3) is 16.9 Å². The van der Waals surface area contributed by atoms with Crippen LogP contribution in [-0.2, 0) is 11.3 Å². The van der Waals surface area contributed by atoms with Crippen molar-refractivity contribution < 1.29 is 14.3 Å². The van der Waals surface area contributed by atoms with Crippen LogP contribution in [0.1, 0.15) is 27.2 Å². The second-order valence-electron chi connectivity index (χ2n) is 8.87.